The number of carbonyl (C=O) groups excluding carboxylic acids is 1. The Hall–Kier alpha value is -1.54. The van der Waals surface area contributed by atoms with Crippen molar-refractivity contribution in [2.75, 3.05) is 5.32 Å². The maximum atomic E-state index is 11.5. The monoisotopic (exact) mass is 302 g/mol. The third kappa shape index (κ3) is 2.34. The van der Waals surface area contributed by atoms with E-state index in [4.69, 9.17) is 11.6 Å². The molecule has 2 rings (SSSR count). The quantitative estimate of drug-likeness (QED) is 0.814. The van der Waals surface area contributed by atoms with Gasteiger partial charge in [-0.3, -0.25) is 4.79 Å². The van der Waals surface area contributed by atoms with Crippen LogP contribution in [0.4, 0.5) is 5.69 Å². The number of nitrogens with zero attached hydrogens (tertiary/aromatic N) is 4. The molecule has 0 spiro atoms. The summed E-state index contributed by atoms with van der Waals surface area (Å²) in [6.07, 6.45) is 1.52. The third-order valence-corrected chi connectivity index (χ3v) is 2.34. The summed E-state index contributed by atoms with van der Waals surface area (Å²) in [5, 5.41) is 15.2. The summed E-state index contributed by atoms with van der Waals surface area (Å²) < 4.78 is 0.695. The van der Waals surface area contributed by atoms with Crippen LogP contribution in [0.1, 0.15) is 10.6 Å². The van der Waals surface area contributed by atoms with Crippen molar-refractivity contribution in [1.82, 2.24) is 25.6 Å². The topological polar surface area (TPSA) is 96.5 Å². The van der Waals surface area contributed by atoms with Gasteiger partial charge in [0.05, 0.1) is 5.69 Å². The van der Waals surface area contributed by atoms with Gasteiger partial charge in [-0.15, -0.1) is 10.2 Å². The van der Waals surface area contributed by atoms with Crippen LogP contribution in [0.2, 0.25) is 5.15 Å². The molecule has 9 heteroatoms. The second-order valence-corrected chi connectivity index (χ2v) is 3.96. The van der Waals surface area contributed by atoms with Gasteiger partial charge in [-0.1, -0.05) is 11.6 Å². The van der Waals surface area contributed by atoms with Crippen LogP contribution in [0.25, 0.3) is 0 Å². The fourth-order valence-corrected chi connectivity index (χ4v) is 1.43. The number of halogens is 2. The van der Waals surface area contributed by atoms with Crippen molar-refractivity contribution >= 4 is 39.1 Å². The highest BCUT2D eigenvalue weighted by Gasteiger charge is 2.13. The van der Waals surface area contributed by atoms with Gasteiger partial charge in [0.15, 0.2) is 5.15 Å². The van der Waals surface area contributed by atoms with E-state index < -0.39 is 5.91 Å². The van der Waals surface area contributed by atoms with E-state index >= 15 is 0 Å². The number of hydrogen-bond acceptors (Lipinski definition) is 5. The lowest BCUT2D eigenvalue weighted by Gasteiger charge is -2.04. The van der Waals surface area contributed by atoms with Crippen molar-refractivity contribution < 1.29 is 4.79 Å². The van der Waals surface area contributed by atoms with Gasteiger partial charge in [0.2, 0.25) is 0 Å². The summed E-state index contributed by atoms with van der Waals surface area (Å²) in [6, 6.07) is 1.62. The minimum Gasteiger partial charge on any atom is -0.316 e. The van der Waals surface area contributed by atoms with Crippen LogP contribution in [0.15, 0.2) is 16.7 Å². The number of amides is 1. The average molecular weight is 304 g/mol. The second-order valence-electron chi connectivity index (χ2n) is 2.68. The molecule has 7 nitrogen and oxygen atoms in total. The van der Waals surface area contributed by atoms with Crippen molar-refractivity contribution in [2.24, 2.45) is 0 Å². The molecule has 0 saturated heterocycles. The van der Waals surface area contributed by atoms with E-state index in [2.05, 4.69) is 46.9 Å². The lowest BCUT2D eigenvalue weighted by Crippen LogP contribution is -2.14. The number of aromatic amines is 1. The van der Waals surface area contributed by atoms with Crippen molar-refractivity contribution in [2.45, 2.75) is 0 Å². The first-order valence-corrected chi connectivity index (χ1v) is 5.20. The molecular weight excluding hydrogens is 299 g/mol. The van der Waals surface area contributed by atoms with Gasteiger partial charge < -0.3 is 5.32 Å². The first-order valence-electron chi connectivity index (χ1n) is 4.02. The Balaban J connectivity index is 2.21. The number of hydrogen-bond donors (Lipinski definition) is 2. The second kappa shape index (κ2) is 4.54. The summed E-state index contributed by atoms with van der Waals surface area (Å²) >= 11 is 9.00. The third-order valence-electron chi connectivity index (χ3n) is 1.60. The lowest BCUT2D eigenvalue weighted by molar-refractivity contribution is 0.101. The first kappa shape index (κ1) is 11.0. The first-order chi connectivity index (χ1) is 7.66. The van der Waals surface area contributed by atoms with Gasteiger partial charge in [-0.2, -0.15) is 5.21 Å². The number of tetrazole rings is 1. The molecule has 0 radical (unpaired) electrons. The molecule has 0 aliphatic heterocycles. The van der Waals surface area contributed by atoms with Crippen LogP contribution < -0.4 is 5.32 Å². The molecule has 82 valence electrons. The highest BCUT2D eigenvalue weighted by Crippen LogP contribution is 2.23. The number of anilines is 1. The van der Waals surface area contributed by atoms with E-state index in [1.165, 1.54) is 6.20 Å². The van der Waals surface area contributed by atoms with Crippen molar-refractivity contribution in [3.05, 3.63) is 27.7 Å². The molecule has 2 N–H and O–H groups in total. The smallest absolute Gasteiger partial charge is 0.297 e. The predicted molar refractivity (Wildman–Crippen MR) is 59.1 cm³/mol. The molecule has 2 aromatic heterocycles. The number of H-pyrrole nitrogens is 1. The Morgan fingerprint density at radius 1 is 1.56 bits per heavy atom. The SMILES string of the molecule is O=C(Nc1cc(Br)cnc1Cl)c1nn[nH]n1. The van der Waals surface area contributed by atoms with Crippen LogP contribution >= 0.6 is 27.5 Å². The molecule has 0 aromatic carbocycles. The van der Waals surface area contributed by atoms with E-state index in [1.807, 2.05) is 0 Å². The van der Waals surface area contributed by atoms with Gasteiger partial charge in [-0.05, 0) is 27.2 Å². The zero-order chi connectivity index (χ0) is 11.5. The molecule has 0 fully saturated rings. The van der Waals surface area contributed by atoms with Gasteiger partial charge >= 0.3 is 0 Å². The fraction of sp³-hybridized carbons (Fsp3) is 0. The highest BCUT2D eigenvalue weighted by molar-refractivity contribution is 9.10. The maximum absolute atomic E-state index is 11.5. The fourth-order valence-electron chi connectivity index (χ4n) is 0.946. The van der Waals surface area contributed by atoms with Crippen LogP contribution in [-0.4, -0.2) is 31.5 Å². The Bertz CT molecular complexity index is 516. The number of carbonyl (C=O) groups is 1. The zero-order valence-corrected chi connectivity index (χ0v) is 9.95. The Morgan fingerprint density at radius 3 is 3.06 bits per heavy atom. The molecule has 2 aromatic rings. The van der Waals surface area contributed by atoms with Gasteiger partial charge in [0.25, 0.3) is 11.7 Å². The summed E-state index contributed by atoms with van der Waals surface area (Å²) in [6.45, 7) is 0. The normalized spacial score (nSPS) is 10.1. The summed E-state index contributed by atoms with van der Waals surface area (Å²) in [5.74, 6) is -0.591. The number of rotatable bonds is 2. The zero-order valence-electron chi connectivity index (χ0n) is 7.61. The average Bonchev–Trinajstić information content (AvgIpc) is 2.76. The maximum Gasteiger partial charge on any atom is 0.297 e. The highest BCUT2D eigenvalue weighted by atomic mass is 79.9. The molecule has 0 bridgehead atoms. The van der Waals surface area contributed by atoms with Gasteiger partial charge in [0, 0.05) is 10.7 Å². The molecule has 1 amide bonds. The number of pyridine rings is 1. The number of aromatic nitrogens is 5. The lowest BCUT2D eigenvalue weighted by atomic mass is 10.4. The Labute approximate surface area is 103 Å². The Kier molecular flexibility index (Phi) is 3.11. The van der Waals surface area contributed by atoms with E-state index in [-0.39, 0.29) is 11.0 Å². The van der Waals surface area contributed by atoms with Crippen molar-refractivity contribution in [3.63, 3.8) is 0 Å². The molecule has 0 aliphatic rings. The van der Waals surface area contributed by atoms with Crippen molar-refractivity contribution in [3.8, 4) is 0 Å². The molecule has 0 saturated carbocycles. The summed E-state index contributed by atoms with van der Waals surface area (Å²) in [7, 11) is 0. The largest absolute Gasteiger partial charge is 0.316 e. The van der Waals surface area contributed by atoms with E-state index in [9.17, 15) is 4.79 Å². The van der Waals surface area contributed by atoms with Crippen LogP contribution in [0.5, 0.6) is 0 Å². The molecule has 0 aliphatic carbocycles. The molecule has 2 heterocycles. The number of nitrogens with one attached hydrogen (secondary N) is 2. The molecule has 16 heavy (non-hydrogen) atoms. The van der Waals surface area contributed by atoms with Crippen LogP contribution in [0, 0.1) is 0 Å². The molecular formula is C7H4BrClN6O. The minimum atomic E-state index is -0.518. The molecule has 0 unspecified atom stereocenters. The van der Waals surface area contributed by atoms with Crippen LogP contribution in [-0.2, 0) is 0 Å². The standard InChI is InChI=1S/C7H4BrClN6O/c8-3-1-4(5(9)10-2-3)11-7(16)6-12-14-15-13-6/h1-2H,(H,11,16)(H,12,13,14,15). The van der Waals surface area contributed by atoms with Crippen LogP contribution in [0.3, 0.4) is 0 Å². The summed E-state index contributed by atoms with van der Waals surface area (Å²) in [5.41, 5.74) is 0.367. The van der Waals surface area contributed by atoms with Crippen molar-refractivity contribution in [1.29, 1.82) is 0 Å². The Morgan fingerprint density at radius 2 is 2.38 bits per heavy atom. The van der Waals surface area contributed by atoms with E-state index in [0.29, 0.717) is 10.2 Å². The summed E-state index contributed by atoms with van der Waals surface area (Å²) in [4.78, 5) is 15.4. The van der Waals surface area contributed by atoms with E-state index in [0.717, 1.165) is 0 Å². The van der Waals surface area contributed by atoms with Gasteiger partial charge in [0.1, 0.15) is 0 Å². The van der Waals surface area contributed by atoms with Gasteiger partial charge in [-0.25, -0.2) is 4.98 Å². The predicted octanol–water partition coefficient (Wildman–Crippen LogP) is 1.26. The molecule has 0 atom stereocenters. The minimum absolute atomic E-state index is 0.0731. The van der Waals surface area contributed by atoms with E-state index in [1.54, 1.807) is 6.07 Å².